The second kappa shape index (κ2) is 5.59. The molecule has 0 spiro atoms. The Balaban J connectivity index is 2.41. The Bertz CT molecular complexity index is 497. The molecule has 3 nitrogen and oxygen atoms in total. The first-order valence-electron chi connectivity index (χ1n) is 6.17. The van der Waals surface area contributed by atoms with Crippen molar-refractivity contribution in [2.45, 2.75) is 26.7 Å². The minimum Gasteiger partial charge on any atom is -0.319 e. The van der Waals surface area contributed by atoms with Gasteiger partial charge in [0.1, 0.15) is 0 Å². The number of rotatable bonds is 4. The van der Waals surface area contributed by atoms with Gasteiger partial charge in [0.05, 0.1) is 4.88 Å². The van der Waals surface area contributed by atoms with Gasteiger partial charge in [0.2, 0.25) is 0 Å². The average Bonchev–Trinajstić information content (AvgIpc) is 2.81. The molecule has 2 rings (SSSR count). The van der Waals surface area contributed by atoms with E-state index in [1.165, 1.54) is 5.56 Å². The number of aryl methyl sites for hydroxylation is 2. The highest BCUT2D eigenvalue weighted by atomic mass is 32.1. The van der Waals surface area contributed by atoms with Gasteiger partial charge in [-0.05, 0) is 43.8 Å². The van der Waals surface area contributed by atoms with Crippen molar-refractivity contribution in [1.82, 2.24) is 15.3 Å². The lowest BCUT2D eigenvalue weighted by molar-refractivity contribution is 0.663. The van der Waals surface area contributed by atoms with Crippen LogP contribution < -0.4 is 5.32 Å². The molecule has 2 aromatic heterocycles. The fourth-order valence-corrected chi connectivity index (χ4v) is 3.02. The summed E-state index contributed by atoms with van der Waals surface area (Å²) in [5.41, 5.74) is 3.45. The van der Waals surface area contributed by atoms with Crippen molar-refractivity contribution >= 4 is 11.3 Å². The highest BCUT2D eigenvalue weighted by molar-refractivity contribution is 7.13. The van der Waals surface area contributed by atoms with Crippen LogP contribution in [0.2, 0.25) is 0 Å². The van der Waals surface area contributed by atoms with E-state index in [0.717, 1.165) is 28.6 Å². The largest absolute Gasteiger partial charge is 0.319 e. The van der Waals surface area contributed by atoms with Crippen LogP contribution in [0.25, 0.3) is 10.7 Å². The van der Waals surface area contributed by atoms with Crippen LogP contribution in [0.15, 0.2) is 17.5 Å². The van der Waals surface area contributed by atoms with Crippen LogP contribution in [0.3, 0.4) is 0 Å². The molecule has 0 aliphatic carbocycles. The van der Waals surface area contributed by atoms with Crippen molar-refractivity contribution in [3.63, 3.8) is 0 Å². The molecule has 0 fully saturated rings. The smallest absolute Gasteiger partial charge is 0.169 e. The number of nitrogens with zero attached hydrogens (tertiary/aromatic N) is 2. The second-order valence-electron chi connectivity index (χ2n) is 4.57. The van der Waals surface area contributed by atoms with Gasteiger partial charge < -0.3 is 5.32 Å². The van der Waals surface area contributed by atoms with E-state index in [2.05, 4.69) is 47.5 Å². The van der Waals surface area contributed by atoms with Gasteiger partial charge in [0.15, 0.2) is 5.82 Å². The molecule has 1 N–H and O–H groups in total. The van der Waals surface area contributed by atoms with E-state index in [4.69, 9.17) is 0 Å². The maximum atomic E-state index is 4.65. The number of hydrogen-bond donors (Lipinski definition) is 1. The van der Waals surface area contributed by atoms with Crippen LogP contribution in [0.1, 0.15) is 29.8 Å². The zero-order valence-electron chi connectivity index (χ0n) is 11.3. The third-order valence-corrected chi connectivity index (χ3v) is 3.94. The predicted octanol–water partition coefficient (Wildman–Crippen LogP) is 3.14. The molecular weight excluding hydrogens is 242 g/mol. The van der Waals surface area contributed by atoms with Gasteiger partial charge in [-0.3, -0.25) is 0 Å². The van der Waals surface area contributed by atoms with E-state index in [1.54, 1.807) is 11.3 Å². The number of aromatic nitrogens is 2. The molecule has 0 aliphatic rings. The van der Waals surface area contributed by atoms with Crippen molar-refractivity contribution in [2.24, 2.45) is 0 Å². The minimum absolute atomic E-state index is 0.437. The molecule has 1 unspecified atom stereocenters. The molecule has 2 aromatic rings. The fraction of sp³-hybridized carbons (Fsp3) is 0.429. The lowest BCUT2D eigenvalue weighted by Crippen LogP contribution is -2.17. The third kappa shape index (κ3) is 2.60. The fourth-order valence-electron chi connectivity index (χ4n) is 2.36. The molecule has 0 radical (unpaired) electrons. The molecule has 0 amide bonds. The zero-order chi connectivity index (χ0) is 13.1. The number of nitrogens with one attached hydrogen (secondary N) is 1. The van der Waals surface area contributed by atoms with Crippen LogP contribution in [0.4, 0.5) is 0 Å². The highest BCUT2D eigenvalue weighted by Gasteiger charge is 2.15. The van der Waals surface area contributed by atoms with Crippen LogP contribution >= 0.6 is 11.3 Å². The summed E-state index contributed by atoms with van der Waals surface area (Å²) < 4.78 is 0. The number of hydrogen-bond acceptors (Lipinski definition) is 4. The molecular formula is C14H19N3S. The summed E-state index contributed by atoms with van der Waals surface area (Å²) in [7, 11) is 1.97. The SMILES string of the molecule is CNCC(C)c1c(C)nc(-c2cccs2)nc1C. The van der Waals surface area contributed by atoms with E-state index in [9.17, 15) is 0 Å². The summed E-state index contributed by atoms with van der Waals surface area (Å²) >= 11 is 1.68. The first-order valence-corrected chi connectivity index (χ1v) is 7.05. The normalized spacial score (nSPS) is 12.7. The lowest BCUT2D eigenvalue weighted by atomic mass is 9.98. The van der Waals surface area contributed by atoms with Crippen molar-refractivity contribution in [2.75, 3.05) is 13.6 Å². The van der Waals surface area contributed by atoms with Crippen LogP contribution in [0, 0.1) is 13.8 Å². The summed E-state index contributed by atoms with van der Waals surface area (Å²) in [6.07, 6.45) is 0. The Kier molecular flexibility index (Phi) is 4.09. The molecule has 0 aromatic carbocycles. The maximum absolute atomic E-state index is 4.65. The summed E-state index contributed by atoms with van der Waals surface area (Å²) in [6.45, 7) is 7.31. The Hall–Kier alpha value is -1.26. The van der Waals surface area contributed by atoms with Crippen molar-refractivity contribution < 1.29 is 0 Å². The van der Waals surface area contributed by atoms with Crippen molar-refractivity contribution in [3.8, 4) is 10.7 Å². The van der Waals surface area contributed by atoms with Gasteiger partial charge in [0.25, 0.3) is 0 Å². The van der Waals surface area contributed by atoms with Crippen molar-refractivity contribution in [3.05, 3.63) is 34.5 Å². The molecule has 0 bridgehead atoms. The molecule has 96 valence electrons. The van der Waals surface area contributed by atoms with E-state index in [-0.39, 0.29) is 0 Å². The Labute approximate surface area is 112 Å². The molecule has 1 atom stereocenters. The van der Waals surface area contributed by atoms with Gasteiger partial charge in [-0.25, -0.2) is 9.97 Å². The summed E-state index contributed by atoms with van der Waals surface area (Å²) in [5.74, 6) is 1.28. The Morgan fingerprint density at radius 2 is 1.94 bits per heavy atom. The summed E-state index contributed by atoms with van der Waals surface area (Å²) in [5, 5.41) is 5.27. The van der Waals surface area contributed by atoms with Gasteiger partial charge in [-0.2, -0.15) is 0 Å². The average molecular weight is 261 g/mol. The monoisotopic (exact) mass is 261 g/mol. The zero-order valence-corrected chi connectivity index (χ0v) is 12.1. The van der Waals surface area contributed by atoms with Crippen molar-refractivity contribution in [1.29, 1.82) is 0 Å². The Morgan fingerprint density at radius 1 is 1.28 bits per heavy atom. The predicted molar refractivity (Wildman–Crippen MR) is 77.2 cm³/mol. The van der Waals surface area contributed by atoms with Gasteiger partial charge in [-0.1, -0.05) is 13.0 Å². The molecule has 0 saturated carbocycles. The standard InChI is InChI=1S/C14H19N3S/c1-9(8-15-4)13-10(2)16-14(17-11(13)3)12-6-5-7-18-12/h5-7,9,15H,8H2,1-4H3. The third-order valence-electron chi connectivity index (χ3n) is 3.07. The summed E-state index contributed by atoms with van der Waals surface area (Å²) in [6, 6.07) is 4.10. The van der Waals surface area contributed by atoms with Gasteiger partial charge in [-0.15, -0.1) is 11.3 Å². The van der Waals surface area contributed by atoms with E-state index in [1.807, 2.05) is 13.1 Å². The molecule has 4 heteroatoms. The number of likely N-dealkylation sites (N-methyl/N-ethyl adjacent to an activating group) is 1. The molecule has 2 heterocycles. The summed E-state index contributed by atoms with van der Waals surface area (Å²) in [4.78, 5) is 10.4. The molecule has 0 saturated heterocycles. The minimum atomic E-state index is 0.437. The molecule has 18 heavy (non-hydrogen) atoms. The maximum Gasteiger partial charge on any atom is 0.169 e. The first kappa shape index (κ1) is 13.2. The lowest BCUT2D eigenvalue weighted by Gasteiger charge is -2.16. The number of thiophene rings is 1. The quantitative estimate of drug-likeness (QED) is 0.918. The topological polar surface area (TPSA) is 37.8 Å². The first-order chi connectivity index (χ1) is 8.63. The molecule has 0 aliphatic heterocycles. The Morgan fingerprint density at radius 3 is 2.44 bits per heavy atom. The van der Waals surface area contributed by atoms with Crippen LogP contribution in [0.5, 0.6) is 0 Å². The van der Waals surface area contributed by atoms with E-state index >= 15 is 0 Å². The van der Waals surface area contributed by atoms with Gasteiger partial charge in [0, 0.05) is 17.9 Å². The van der Waals surface area contributed by atoms with E-state index < -0.39 is 0 Å². The van der Waals surface area contributed by atoms with Gasteiger partial charge >= 0.3 is 0 Å². The second-order valence-corrected chi connectivity index (χ2v) is 5.52. The highest BCUT2D eigenvalue weighted by Crippen LogP contribution is 2.26. The van der Waals surface area contributed by atoms with Crippen LogP contribution in [-0.2, 0) is 0 Å². The van der Waals surface area contributed by atoms with Crippen LogP contribution in [-0.4, -0.2) is 23.6 Å². The van der Waals surface area contributed by atoms with E-state index in [0.29, 0.717) is 5.92 Å².